The minimum Gasteiger partial charge on any atom is -0.386 e. The van der Waals surface area contributed by atoms with Crippen molar-refractivity contribution in [2.75, 3.05) is 13.1 Å². The van der Waals surface area contributed by atoms with Gasteiger partial charge in [0, 0.05) is 5.56 Å². The molecule has 5 heteroatoms. The predicted octanol–water partition coefficient (Wildman–Crippen LogP) is 0.398. The lowest BCUT2D eigenvalue weighted by Gasteiger charge is -2.45. The van der Waals surface area contributed by atoms with Crippen molar-refractivity contribution in [3.05, 3.63) is 35.9 Å². The topological polar surface area (TPSA) is 69.6 Å². The van der Waals surface area contributed by atoms with Crippen LogP contribution in [-0.2, 0) is 4.79 Å². The molecule has 1 aliphatic rings. The number of nitrogens with zero attached hydrogens (tertiary/aromatic N) is 1. The van der Waals surface area contributed by atoms with Gasteiger partial charge in [0.15, 0.2) is 0 Å². The Morgan fingerprint density at radius 3 is 2.42 bits per heavy atom. The standard InChI is InChI=1S/C14H18N2O3/c1-10(13(18)16-8-14(2,19)9-16)15-12(17)11-6-4-3-5-7-11/h3-7,10,19H,8-9H2,1-2H3,(H,15,17). The Hall–Kier alpha value is -1.88. The predicted molar refractivity (Wildman–Crippen MR) is 70.6 cm³/mol. The van der Waals surface area contributed by atoms with E-state index < -0.39 is 11.6 Å². The fourth-order valence-electron chi connectivity index (χ4n) is 2.14. The zero-order chi connectivity index (χ0) is 14.0. The van der Waals surface area contributed by atoms with Gasteiger partial charge in [-0.05, 0) is 26.0 Å². The molecule has 1 saturated heterocycles. The molecule has 1 aromatic carbocycles. The quantitative estimate of drug-likeness (QED) is 0.828. The number of hydrogen-bond donors (Lipinski definition) is 2. The number of rotatable bonds is 3. The highest BCUT2D eigenvalue weighted by Gasteiger charge is 2.40. The van der Waals surface area contributed by atoms with Crippen LogP contribution in [-0.4, -0.2) is 46.6 Å². The van der Waals surface area contributed by atoms with Gasteiger partial charge < -0.3 is 15.3 Å². The lowest BCUT2D eigenvalue weighted by Crippen LogP contribution is -2.64. The smallest absolute Gasteiger partial charge is 0.251 e. The summed E-state index contributed by atoms with van der Waals surface area (Å²) < 4.78 is 0. The van der Waals surface area contributed by atoms with Gasteiger partial charge in [0.2, 0.25) is 5.91 Å². The molecule has 1 aromatic rings. The van der Waals surface area contributed by atoms with Crippen LogP contribution in [0.5, 0.6) is 0 Å². The summed E-state index contributed by atoms with van der Waals surface area (Å²) in [4.78, 5) is 25.4. The van der Waals surface area contributed by atoms with Crippen molar-refractivity contribution < 1.29 is 14.7 Å². The molecule has 2 amide bonds. The molecule has 102 valence electrons. The van der Waals surface area contributed by atoms with Gasteiger partial charge in [-0.3, -0.25) is 9.59 Å². The van der Waals surface area contributed by atoms with E-state index in [0.717, 1.165) is 0 Å². The number of nitrogens with one attached hydrogen (secondary N) is 1. The maximum atomic E-state index is 12.0. The zero-order valence-electron chi connectivity index (χ0n) is 11.1. The van der Waals surface area contributed by atoms with Gasteiger partial charge in [0.1, 0.15) is 6.04 Å². The number of aliphatic hydroxyl groups is 1. The molecule has 1 heterocycles. The van der Waals surface area contributed by atoms with Crippen molar-refractivity contribution in [2.24, 2.45) is 0 Å². The molecule has 1 aliphatic heterocycles. The summed E-state index contributed by atoms with van der Waals surface area (Å²) in [5.74, 6) is -0.440. The van der Waals surface area contributed by atoms with Gasteiger partial charge in [-0.25, -0.2) is 0 Å². The van der Waals surface area contributed by atoms with Crippen LogP contribution in [0.4, 0.5) is 0 Å². The third-order valence-electron chi connectivity index (χ3n) is 3.13. The Morgan fingerprint density at radius 2 is 1.89 bits per heavy atom. The Balaban J connectivity index is 1.89. The van der Waals surface area contributed by atoms with Crippen molar-refractivity contribution in [1.82, 2.24) is 10.2 Å². The molecule has 1 fully saturated rings. The van der Waals surface area contributed by atoms with E-state index in [9.17, 15) is 14.7 Å². The van der Waals surface area contributed by atoms with Crippen molar-refractivity contribution in [3.63, 3.8) is 0 Å². The van der Waals surface area contributed by atoms with Gasteiger partial charge >= 0.3 is 0 Å². The van der Waals surface area contributed by atoms with Gasteiger partial charge in [-0.15, -0.1) is 0 Å². The second-order valence-corrected chi connectivity index (χ2v) is 5.25. The van der Waals surface area contributed by atoms with E-state index in [4.69, 9.17) is 0 Å². The van der Waals surface area contributed by atoms with Crippen LogP contribution in [0.1, 0.15) is 24.2 Å². The van der Waals surface area contributed by atoms with Crippen molar-refractivity contribution in [1.29, 1.82) is 0 Å². The van der Waals surface area contributed by atoms with Crippen LogP contribution < -0.4 is 5.32 Å². The second-order valence-electron chi connectivity index (χ2n) is 5.25. The van der Waals surface area contributed by atoms with Crippen LogP contribution in [0.3, 0.4) is 0 Å². The minimum atomic E-state index is -0.793. The summed E-state index contributed by atoms with van der Waals surface area (Å²) in [6.45, 7) is 3.97. The SMILES string of the molecule is CC(NC(=O)c1ccccc1)C(=O)N1CC(C)(O)C1. The van der Waals surface area contributed by atoms with E-state index >= 15 is 0 Å². The maximum Gasteiger partial charge on any atom is 0.251 e. The number of carbonyl (C=O) groups is 2. The monoisotopic (exact) mass is 262 g/mol. The fraction of sp³-hybridized carbons (Fsp3) is 0.429. The first-order valence-electron chi connectivity index (χ1n) is 6.26. The van der Waals surface area contributed by atoms with Crippen molar-refractivity contribution in [2.45, 2.75) is 25.5 Å². The number of hydrogen-bond acceptors (Lipinski definition) is 3. The van der Waals surface area contributed by atoms with Crippen LogP contribution in [0.15, 0.2) is 30.3 Å². The number of amides is 2. The highest BCUT2D eigenvalue weighted by Crippen LogP contribution is 2.20. The van der Waals surface area contributed by atoms with Gasteiger partial charge in [-0.1, -0.05) is 18.2 Å². The van der Waals surface area contributed by atoms with Crippen LogP contribution in [0.2, 0.25) is 0 Å². The Bertz CT molecular complexity index is 477. The largest absolute Gasteiger partial charge is 0.386 e. The highest BCUT2D eigenvalue weighted by molar-refractivity contribution is 5.97. The molecule has 5 nitrogen and oxygen atoms in total. The third-order valence-corrected chi connectivity index (χ3v) is 3.13. The van der Waals surface area contributed by atoms with Crippen LogP contribution >= 0.6 is 0 Å². The zero-order valence-corrected chi connectivity index (χ0v) is 11.1. The van der Waals surface area contributed by atoms with E-state index in [1.165, 1.54) is 4.90 Å². The third kappa shape index (κ3) is 3.12. The number of likely N-dealkylation sites (tertiary alicyclic amines) is 1. The first-order chi connectivity index (χ1) is 8.89. The molecule has 2 N–H and O–H groups in total. The van der Waals surface area contributed by atoms with E-state index in [1.54, 1.807) is 38.1 Å². The maximum absolute atomic E-state index is 12.0. The molecule has 19 heavy (non-hydrogen) atoms. The summed E-state index contributed by atoms with van der Waals surface area (Å²) in [6, 6.07) is 8.17. The fourth-order valence-corrected chi connectivity index (χ4v) is 2.14. The average Bonchev–Trinajstić information content (AvgIpc) is 2.35. The molecular formula is C14H18N2O3. The first kappa shape index (κ1) is 13.5. The summed E-state index contributed by atoms with van der Waals surface area (Å²) >= 11 is 0. The molecule has 0 aliphatic carbocycles. The summed E-state index contributed by atoms with van der Waals surface area (Å²) in [6.07, 6.45) is 0. The van der Waals surface area contributed by atoms with Crippen molar-refractivity contribution >= 4 is 11.8 Å². The van der Waals surface area contributed by atoms with Gasteiger partial charge in [0.25, 0.3) is 5.91 Å². The highest BCUT2D eigenvalue weighted by atomic mass is 16.3. The molecule has 0 aromatic heterocycles. The van der Waals surface area contributed by atoms with Crippen LogP contribution in [0, 0.1) is 0 Å². The molecule has 0 spiro atoms. The minimum absolute atomic E-state index is 0.171. The lowest BCUT2D eigenvalue weighted by molar-refractivity contribution is -0.153. The summed E-state index contributed by atoms with van der Waals surface area (Å²) in [5, 5.41) is 12.3. The molecule has 0 radical (unpaired) electrons. The Kier molecular flexibility index (Phi) is 3.57. The number of β-amino-alcohol motifs (C(OH)–C–C–N with tert-alkyl or cyclic N) is 1. The lowest BCUT2D eigenvalue weighted by atomic mass is 9.96. The average molecular weight is 262 g/mol. The Labute approximate surface area is 112 Å². The van der Waals surface area contributed by atoms with Crippen molar-refractivity contribution in [3.8, 4) is 0 Å². The normalized spacial score (nSPS) is 18.4. The summed E-state index contributed by atoms with van der Waals surface area (Å²) in [7, 11) is 0. The molecule has 1 unspecified atom stereocenters. The van der Waals surface area contributed by atoms with E-state index in [2.05, 4.69) is 5.32 Å². The molecule has 1 atom stereocenters. The Morgan fingerprint density at radius 1 is 1.32 bits per heavy atom. The number of carbonyl (C=O) groups excluding carboxylic acids is 2. The molecule has 0 saturated carbocycles. The summed E-state index contributed by atoms with van der Waals surface area (Å²) in [5.41, 5.74) is -0.267. The molecular weight excluding hydrogens is 244 g/mol. The van der Waals surface area contributed by atoms with E-state index in [0.29, 0.717) is 18.7 Å². The van der Waals surface area contributed by atoms with Gasteiger partial charge in [-0.2, -0.15) is 0 Å². The molecule has 0 bridgehead atoms. The second kappa shape index (κ2) is 5.01. The first-order valence-corrected chi connectivity index (χ1v) is 6.26. The van der Waals surface area contributed by atoms with Crippen LogP contribution in [0.25, 0.3) is 0 Å². The number of benzene rings is 1. The van der Waals surface area contributed by atoms with E-state index in [1.807, 2.05) is 6.07 Å². The van der Waals surface area contributed by atoms with E-state index in [-0.39, 0.29) is 11.8 Å². The van der Waals surface area contributed by atoms with Gasteiger partial charge in [0.05, 0.1) is 18.7 Å². The molecule has 2 rings (SSSR count).